The molecule has 1 fully saturated rings. The largest absolute Gasteiger partial charge is 0.277 e. The topological polar surface area (TPSA) is 63.4 Å². The molecule has 68 valence electrons. The van der Waals surface area contributed by atoms with E-state index in [0.29, 0.717) is 12.5 Å². The molecule has 0 aromatic rings. The number of hydrogen-bond acceptors (Lipinski definition) is 2. The standard InChI is InChI=1S/C7H12N2O2S/c1-2-5-9(12(8,10)11)6-7-3-4-7/h1,7H,3-6H2,(H2,8,10,11). The molecule has 0 amide bonds. The van der Waals surface area contributed by atoms with Crippen molar-refractivity contribution >= 4 is 10.2 Å². The first-order valence-corrected chi connectivity index (χ1v) is 5.25. The van der Waals surface area contributed by atoms with Crippen molar-refractivity contribution in [1.29, 1.82) is 0 Å². The summed E-state index contributed by atoms with van der Waals surface area (Å²) in [6.07, 6.45) is 7.17. The van der Waals surface area contributed by atoms with E-state index in [1.54, 1.807) is 0 Å². The fourth-order valence-corrected chi connectivity index (χ4v) is 1.62. The van der Waals surface area contributed by atoms with E-state index in [4.69, 9.17) is 11.6 Å². The molecule has 0 spiro atoms. The first kappa shape index (κ1) is 9.52. The minimum absolute atomic E-state index is 0.0787. The van der Waals surface area contributed by atoms with Gasteiger partial charge in [-0.15, -0.1) is 6.42 Å². The van der Waals surface area contributed by atoms with Crippen molar-refractivity contribution in [3.8, 4) is 12.3 Å². The summed E-state index contributed by atoms with van der Waals surface area (Å²) < 4.78 is 22.9. The zero-order valence-corrected chi connectivity index (χ0v) is 7.55. The first-order valence-electron chi connectivity index (χ1n) is 3.75. The van der Waals surface area contributed by atoms with Gasteiger partial charge in [-0.2, -0.15) is 12.7 Å². The van der Waals surface area contributed by atoms with Crippen molar-refractivity contribution < 1.29 is 8.42 Å². The highest BCUT2D eigenvalue weighted by Gasteiger charge is 2.28. The molecule has 0 bridgehead atoms. The summed E-state index contributed by atoms with van der Waals surface area (Å²) in [6, 6.07) is 0. The Labute approximate surface area is 72.9 Å². The van der Waals surface area contributed by atoms with Crippen molar-refractivity contribution in [2.45, 2.75) is 12.8 Å². The van der Waals surface area contributed by atoms with E-state index in [1.165, 1.54) is 0 Å². The maximum Gasteiger partial charge on any atom is 0.277 e. The maximum absolute atomic E-state index is 10.9. The molecule has 0 aromatic carbocycles. The summed E-state index contributed by atoms with van der Waals surface area (Å²) in [4.78, 5) is 0. The SMILES string of the molecule is C#CCN(CC1CC1)S(N)(=O)=O. The second-order valence-electron chi connectivity index (χ2n) is 2.98. The molecule has 1 aliphatic rings. The van der Waals surface area contributed by atoms with Gasteiger partial charge in [0.15, 0.2) is 0 Å². The Morgan fingerprint density at radius 3 is 2.50 bits per heavy atom. The van der Waals surface area contributed by atoms with E-state index >= 15 is 0 Å². The maximum atomic E-state index is 10.9. The molecule has 0 radical (unpaired) electrons. The molecule has 0 atom stereocenters. The van der Waals surface area contributed by atoms with Crippen molar-refractivity contribution in [2.75, 3.05) is 13.1 Å². The predicted octanol–water partition coefficient (Wildman–Crippen LogP) is -0.465. The molecule has 0 aromatic heterocycles. The molecule has 0 unspecified atom stereocenters. The van der Waals surface area contributed by atoms with Gasteiger partial charge in [0.1, 0.15) is 0 Å². The third-order valence-corrected chi connectivity index (χ3v) is 2.78. The Bertz CT molecular complexity index is 287. The van der Waals surface area contributed by atoms with Crippen molar-refractivity contribution in [1.82, 2.24) is 4.31 Å². The molecule has 5 heteroatoms. The zero-order chi connectivity index (χ0) is 9.19. The van der Waals surface area contributed by atoms with Gasteiger partial charge in [0.25, 0.3) is 10.2 Å². The Morgan fingerprint density at radius 1 is 1.58 bits per heavy atom. The van der Waals surface area contributed by atoms with Crippen LogP contribution in [0.4, 0.5) is 0 Å². The van der Waals surface area contributed by atoms with Crippen LogP contribution in [0.15, 0.2) is 0 Å². The minimum atomic E-state index is -3.59. The van der Waals surface area contributed by atoms with Crippen LogP contribution in [0.3, 0.4) is 0 Å². The van der Waals surface area contributed by atoms with E-state index in [-0.39, 0.29) is 6.54 Å². The van der Waals surface area contributed by atoms with E-state index in [1.807, 2.05) is 0 Å². The molecule has 2 N–H and O–H groups in total. The van der Waals surface area contributed by atoms with Gasteiger partial charge in [-0.1, -0.05) is 5.92 Å². The number of terminal acetylenes is 1. The second-order valence-corrected chi connectivity index (χ2v) is 4.53. The monoisotopic (exact) mass is 188 g/mol. The molecule has 12 heavy (non-hydrogen) atoms. The lowest BCUT2D eigenvalue weighted by Gasteiger charge is -2.15. The normalized spacial score (nSPS) is 17.8. The lowest BCUT2D eigenvalue weighted by molar-refractivity contribution is 0.431. The highest BCUT2D eigenvalue weighted by atomic mass is 32.2. The first-order chi connectivity index (χ1) is 5.54. The Morgan fingerprint density at radius 2 is 2.17 bits per heavy atom. The van der Waals surface area contributed by atoms with Crippen LogP contribution in [0.2, 0.25) is 0 Å². The molecule has 0 heterocycles. The molecule has 0 aliphatic heterocycles. The Balaban J connectivity index is 2.54. The quantitative estimate of drug-likeness (QED) is 0.606. The molecule has 1 saturated carbocycles. The minimum Gasteiger partial charge on any atom is -0.216 e. The molecule has 4 nitrogen and oxygen atoms in total. The van der Waals surface area contributed by atoms with Crippen LogP contribution in [0, 0.1) is 18.3 Å². The van der Waals surface area contributed by atoms with Crippen LogP contribution < -0.4 is 5.14 Å². The number of rotatable bonds is 4. The Kier molecular flexibility index (Phi) is 2.73. The van der Waals surface area contributed by atoms with Crippen molar-refractivity contribution in [3.63, 3.8) is 0 Å². The zero-order valence-electron chi connectivity index (χ0n) is 6.73. The number of nitrogens with zero attached hydrogens (tertiary/aromatic N) is 1. The molecule has 1 aliphatic carbocycles. The second kappa shape index (κ2) is 3.44. The van der Waals surface area contributed by atoms with Gasteiger partial charge < -0.3 is 0 Å². The van der Waals surface area contributed by atoms with Gasteiger partial charge in [0, 0.05) is 6.54 Å². The van der Waals surface area contributed by atoms with E-state index < -0.39 is 10.2 Å². The van der Waals surface area contributed by atoms with Gasteiger partial charge in [-0.05, 0) is 18.8 Å². The third kappa shape index (κ3) is 2.81. The summed E-state index contributed by atoms with van der Waals surface area (Å²) in [5.41, 5.74) is 0. The number of nitrogens with two attached hydrogens (primary N) is 1. The smallest absolute Gasteiger partial charge is 0.216 e. The molecule has 0 saturated heterocycles. The van der Waals surface area contributed by atoms with Crippen molar-refractivity contribution in [2.24, 2.45) is 11.1 Å². The van der Waals surface area contributed by atoms with E-state index in [2.05, 4.69) is 5.92 Å². The summed E-state index contributed by atoms with van der Waals surface area (Å²) in [7, 11) is -3.59. The van der Waals surface area contributed by atoms with Crippen LogP contribution in [-0.2, 0) is 10.2 Å². The van der Waals surface area contributed by atoms with E-state index in [9.17, 15) is 8.42 Å². The Hall–Kier alpha value is -0.570. The van der Waals surface area contributed by atoms with Gasteiger partial charge in [0.05, 0.1) is 6.54 Å². The highest BCUT2D eigenvalue weighted by Crippen LogP contribution is 2.29. The summed E-state index contributed by atoms with van der Waals surface area (Å²) in [5, 5.41) is 4.94. The fourth-order valence-electron chi connectivity index (χ4n) is 0.949. The predicted molar refractivity (Wildman–Crippen MR) is 46.2 cm³/mol. The summed E-state index contributed by atoms with van der Waals surface area (Å²) in [6.45, 7) is 0.554. The van der Waals surface area contributed by atoms with Crippen molar-refractivity contribution in [3.05, 3.63) is 0 Å². The van der Waals surface area contributed by atoms with Crippen LogP contribution >= 0.6 is 0 Å². The van der Waals surface area contributed by atoms with Crippen LogP contribution in [0.25, 0.3) is 0 Å². The summed E-state index contributed by atoms with van der Waals surface area (Å²) in [5.74, 6) is 2.74. The summed E-state index contributed by atoms with van der Waals surface area (Å²) >= 11 is 0. The van der Waals surface area contributed by atoms with Crippen LogP contribution in [0.1, 0.15) is 12.8 Å². The molecule has 1 rings (SSSR count). The highest BCUT2D eigenvalue weighted by molar-refractivity contribution is 7.86. The van der Waals surface area contributed by atoms with Gasteiger partial charge in [-0.3, -0.25) is 0 Å². The number of hydrogen-bond donors (Lipinski definition) is 1. The lowest BCUT2D eigenvalue weighted by Crippen LogP contribution is -2.38. The average Bonchev–Trinajstić information content (AvgIpc) is 2.68. The molecular formula is C7H12N2O2S. The van der Waals surface area contributed by atoms with Gasteiger partial charge in [0.2, 0.25) is 0 Å². The third-order valence-electron chi connectivity index (χ3n) is 1.79. The fraction of sp³-hybridized carbons (Fsp3) is 0.714. The van der Waals surface area contributed by atoms with Crippen LogP contribution in [-0.4, -0.2) is 25.8 Å². The van der Waals surface area contributed by atoms with Gasteiger partial charge >= 0.3 is 0 Å². The average molecular weight is 188 g/mol. The van der Waals surface area contributed by atoms with Gasteiger partial charge in [-0.25, -0.2) is 5.14 Å². The van der Waals surface area contributed by atoms with E-state index in [0.717, 1.165) is 17.1 Å². The lowest BCUT2D eigenvalue weighted by atomic mass is 10.4. The van der Waals surface area contributed by atoms with Crippen LogP contribution in [0.5, 0.6) is 0 Å². The molecular weight excluding hydrogens is 176 g/mol.